The summed E-state index contributed by atoms with van der Waals surface area (Å²) in [5.74, 6) is -0.860. The maximum Gasteiger partial charge on any atom is 0.333 e. The molecule has 0 bridgehead atoms. The summed E-state index contributed by atoms with van der Waals surface area (Å²) in [6.45, 7) is 3.67. The van der Waals surface area contributed by atoms with Crippen molar-refractivity contribution in [2.75, 3.05) is 12.9 Å². The Morgan fingerprint density at radius 3 is 2.62 bits per heavy atom. The van der Waals surface area contributed by atoms with Gasteiger partial charge in [0.05, 0.1) is 18.4 Å². The molecule has 1 heterocycles. The van der Waals surface area contributed by atoms with Crippen molar-refractivity contribution in [2.45, 2.75) is 24.9 Å². The molecule has 26 heavy (non-hydrogen) atoms. The van der Waals surface area contributed by atoms with E-state index in [9.17, 15) is 14.9 Å². The molecule has 1 atom stereocenters. The van der Waals surface area contributed by atoms with Gasteiger partial charge in [0.2, 0.25) is 5.91 Å². The molecule has 0 unspecified atom stereocenters. The predicted octanol–water partition coefficient (Wildman–Crippen LogP) is 2.69. The number of aryl methyl sites for hydroxylation is 2. The van der Waals surface area contributed by atoms with Crippen molar-refractivity contribution in [3.8, 4) is 6.07 Å². The molecule has 0 radical (unpaired) electrons. The Kier molecular flexibility index (Phi) is 6.75. The molecule has 1 aromatic carbocycles. The summed E-state index contributed by atoms with van der Waals surface area (Å²) in [5.41, 5.74) is 2.70. The lowest BCUT2D eigenvalue weighted by atomic mass is 10.1. The van der Waals surface area contributed by atoms with Gasteiger partial charge in [0, 0.05) is 5.69 Å². The first kappa shape index (κ1) is 19.5. The number of rotatable bonds is 6. The number of pyridine rings is 1. The molecule has 0 aliphatic heterocycles. The second-order valence-electron chi connectivity index (χ2n) is 5.60. The van der Waals surface area contributed by atoms with Gasteiger partial charge in [-0.05, 0) is 31.0 Å². The lowest BCUT2D eigenvalue weighted by molar-refractivity contribution is -0.145. The van der Waals surface area contributed by atoms with E-state index in [4.69, 9.17) is 4.74 Å². The summed E-state index contributed by atoms with van der Waals surface area (Å²) in [4.78, 5) is 28.7. The van der Waals surface area contributed by atoms with E-state index in [0.717, 1.165) is 11.3 Å². The van der Waals surface area contributed by atoms with E-state index < -0.39 is 12.0 Å². The SMILES string of the molecule is COC(=O)[C@@H](NC(=O)CSc1nc(C)cc(C)c1C#N)c1ccccc1. The average Bonchev–Trinajstić information content (AvgIpc) is 2.64. The Hall–Kier alpha value is -2.85. The van der Waals surface area contributed by atoms with E-state index in [-0.39, 0.29) is 11.7 Å². The zero-order chi connectivity index (χ0) is 19.1. The van der Waals surface area contributed by atoms with Gasteiger partial charge in [-0.3, -0.25) is 4.79 Å². The molecule has 2 aromatic rings. The minimum absolute atomic E-state index is 0.0326. The average molecular weight is 369 g/mol. The van der Waals surface area contributed by atoms with E-state index in [1.165, 1.54) is 18.9 Å². The van der Waals surface area contributed by atoms with E-state index >= 15 is 0 Å². The third-order valence-corrected chi connectivity index (χ3v) is 4.61. The van der Waals surface area contributed by atoms with Gasteiger partial charge in [-0.15, -0.1) is 0 Å². The number of thioether (sulfide) groups is 1. The number of benzene rings is 1. The fourth-order valence-corrected chi connectivity index (χ4v) is 3.33. The van der Waals surface area contributed by atoms with Crippen molar-refractivity contribution in [1.82, 2.24) is 10.3 Å². The van der Waals surface area contributed by atoms with Gasteiger partial charge in [0.1, 0.15) is 11.1 Å². The standard InChI is InChI=1S/C19H19N3O3S/c1-12-9-13(2)21-18(15(12)10-20)26-11-16(23)22-17(19(24)25-3)14-7-5-4-6-8-14/h4-9,17H,11H2,1-3H3,(H,22,23)/t17-/m0/s1. The van der Waals surface area contributed by atoms with Gasteiger partial charge in [-0.2, -0.15) is 5.26 Å². The number of nitrogens with one attached hydrogen (secondary N) is 1. The molecule has 2 rings (SSSR count). The highest BCUT2D eigenvalue weighted by molar-refractivity contribution is 8.00. The number of amides is 1. The van der Waals surface area contributed by atoms with Crippen molar-refractivity contribution in [3.63, 3.8) is 0 Å². The summed E-state index contributed by atoms with van der Waals surface area (Å²) in [7, 11) is 1.28. The van der Waals surface area contributed by atoms with Crippen LogP contribution in [0.2, 0.25) is 0 Å². The second-order valence-corrected chi connectivity index (χ2v) is 6.56. The molecule has 134 valence electrons. The third kappa shape index (κ3) is 4.83. The molecule has 7 heteroatoms. The normalized spacial score (nSPS) is 11.3. The largest absolute Gasteiger partial charge is 0.467 e. The lowest BCUT2D eigenvalue weighted by Crippen LogP contribution is -2.35. The third-order valence-electron chi connectivity index (χ3n) is 3.64. The van der Waals surface area contributed by atoms with Gasteiger partial charge in [0.25, 0.3) is 0 Å². The van der Waals surface area contributed by atoms with Crippen LogP contribution in [-0.2, 0) is 14.3 Å². The highest BCUT2D eigenvalue weighted by Crippen LogP contribution is 2.24. The van der Waals surface area contributed by atoms with Gasteiger partial charge in [-0.1, -0.05) is 42.1 Å². The quantitative estimate of drug-likeness (QED) is 0.622. The number of nitriles is 1. The van der Waals surface area contributed by atoms with E-state index in [2.05, 4.69) is 16.4 Å². The van der Waals surface area contributed by atoms with Crippen LogP contribution >= 0.6 is 11.8 Å². The summed E-state index contributed by atoms with van der Waals surface area (Å²) in [6.07, 6.45) is 0. The van der Waals surface area contributed by atoms with Crippen LogP contribution in [0.1, 0.15) is 28.4 Å². The van der Waals surface area contributed by atoms with Gasteiger partial charge >= 0.3 is 5.97 Å². The van der Waals surface area contributed by atoms with Crippen LogP contribution < -0.4 is 5.32 Å². The Morgan fingerprint density at radius 1 is 1.31 bits per heavy atom. The summed E-state index contributed by atoms with van der Waals surface area (Å²) < 4.78 is 4.78. The van der Waals surface area contributed by atoms with Crippen molar-refractivity contribution < 1.29 is 14.3 Å². The molecular formula is C19H19N3O3S. The van der Waals surface area contributed by atoms with E-state index in [1.807, 2.05) is 26.0 Å². The first-order chi connectivity index (χ1) is 12.5. The number of carbonyl (C=O) groups excluding carboxylic acids is 2. The van der Waals surface area contributed by atoms with Crippen LogP contribution in [0.25, 0.3) is 0 Å². The van der Waals surface area contributed by atoms with Crippen LogP contribution in [0.4, 0.5) is 0 Å². The Morgan fingerprint density at radius 2 is 2.00 bits per heavy atom. The van der Waals surface area contributed by atoms with Gasteiger partial charge in [-0.25, -0.2) is 9.78 Å². The fraction of sp³-hybridized carbons (Fsp3) is 0.263. The fourth-order valence-electron chi connectivity index (χ4n) is 2.42. The monoisotopic (exact) mass is 369 g/mol. The van der Waals surface area contributed by atoms with E-state index in [0.29, 0.717) is 16.2 Å². The molecular weight excluding hydrogens is 350 g/mol. The molecule has 1 aromatic heterocycles. The highest BCUT2D eigenvalue weighted by Gasteiger charge is 2.23. The number of ether oxygens (including phenoxy) is 1. The second kappa shape index (κ2) is 9.02. The smallest absolute Gasteiger partial charge is 0.333 e. The number of carbonyl (C=O) groups is 2. The minimum atomic E-state index is -0.878. The molecule has 0 saturated carbocycles. The highest BCUT2D eigenvalue weighted by atomic mass is 32.2. The summed E-state index contributed by atoms with van der Waals surface area (Å²) in [6, 6.07) is 11.9. The van der Waals surface area contributed by atoms with Crippen molar-refractivity contribution >= 4 is 23.6 Å². The van der Waals surface area contributed by atoms with Crippen LogP contribution in [0.3, 0.4) is 0 Å². The number of methoxy groups -OCH3 is 1. The first-order valence-corrected chi connectivity index (χ1v) is 8.88. The molecule has 0 fully saturated rings. The van der Waals surface area contributed by atoms with Crippen molar-refractivity contribution in [1.29, 1.82) is 5.26 Å². The van der Waals surface area contributed by atoms with Gasteiger partial charge in [0.15, 0.2) is 6.04 Å². The number of hydrogen-bond acceptors (Lipinski definition) is 6. The molecule has 6 nitrogen and oxygen atoms in total. The number of esters is 1. The first-order valence-electron chi connectivity index (χ1n) is 7.89. The molecule has 1 N–H and O–H groups in total. The molecule has 0 aliphatic rings. The maximum absolute atomic E-state index is 12.3. The predicted molar refractivity (Wildman–Crippen MR) is 98.5 cm³/mol. The zero-order valence-corrected chi connectivity index (χ0v) is 15.6. The number of nitrogens with zero attached hydrogens (tertiary/aromatic N) is 2. The Balaban J connectivity index is 2.10. The maximum atomic E-state index is 12.3. The number of aromatic nitrogens is 1. The molecule has 0 saturated heterocycles. The minimum Gasteiger partial charge on any atom is -0.467 e. The van der Waals surface area contributed by atoms with Crippen LogP contribution in [0, 0.1) is 25.2 Å². The Bertz CT molecular complexity index is 847. The summed E-state index contributed by atoms with van der Waals surface area (Å²) >= 11 is 1.17. The van der Waals surface area contributed by atoms with Crippen molar-refractivity contribution in [2.24, 2.45) is 0 Å². The topological polar surface area (TPSA) is 92.1 Å². The molecule has 0 spiro atoms. The molecule has 1 amide bonds. The van der Waals surface area contributed by atoms with E-state index in [1.54, 1.807) is 24.3 Å². The Labute approximate surface area is 156 Å². The van der Waals surface area contributed by atoms with Crippen LogP contribution in [-0.4, -0.2) is 29.7 Å². The molecule has 0 aliphatic carbocycles. The summed E-state index contributed by atoms with van der Waals surface area (Å²) in [5, 5.41) is 12.5. The number of hydrogen-bond donors (Lipinski definition) is 1. The van der Waals surface area contributed by atoms with Crippen LogP contribution in [0.5, 0.6) is 0 Å². The van der Waals surface area contributed by atoms with Crippen molar-refractivity contribution in [3.05, 3.63) is 58.8 Å². The van der Waals surface area contributed by atoms with Crippen LogP contribution in [0.15, 0.2) is 41.4 Å². The van der Waals surface area contributed by atoms with Gasteiger partial charge < -0.3 is 10.1 Å². The lowest BCUT2D eigenvalue weighted by Gasteiger charge is -2.17. The zero-order valence-electron chi connectivity index (χ0n) is 14.8.